The first-order valence-electron chi connectivity index (χ1n) is 22.0. The van der Waals surface area contributed by atoms with E-state index in [2.05, 4.69) is 18.2 Å². The van der Waals surface area contributed by atoms with Crippen LogP contribution in [0.1, 0.15) is 43.0 Å². The molecule has 68 heavy (non-hydrogen) atoms. The molecule has 0 aliphatic heterocycles. The van der Waals surface area contributed by atoms with Gasteiger partial charge in [0.1, 0.15) is 11.1 Å². The fourth-order valence-corrected chi connectivity index (χ4v) is 10.3. The number of esters is 2. The summed E-state index contributed by atoms with van der Waals surface area (Å²) in [6.45, 7) is 0. The Labute approximate surface area is 388 Å². The molecule has 2 aliphatic rings. The molecule has 0 unspecified atom stereocenters. The molecule has 0 radical (unpaired) electrons. The van der Waals surface area contributed by atoms with E-state index in [4.69, 9.17) is 32.8 Å². The van der Waals surface area contributed by atoms with Crippen LogP contribution >= 0.6 is 0 Å². The summed E-state index contributed by atoms with van der Waals surface area (Å²) in [5, 5.41) is 2.58. The molecule has 7 aromatic carbocycles. The van der Waals surface area contributed by atoms with Crippen molar-refractivity contribution < 1.29 is 42.4 Å². The molecule has 0 spiro atoms. The van der Waals surface area contributed by atoms with Gasteiger partial charge in [-0.1, -0.05) is 78.9 Å². The number of carbonyl (C=O) groups is 2. The van der Waals surface area contributed by atoms with Crippen LogP contribution < -0.4 is 34.0 Å². The summed E-state index contributed by atoms with van der Waals surface area (Å²) in [6.07, 6.45) is 3.14. The first kappa shape index (κ1) is 40.7. The average molecular weight is 898 g/mol. The lowest BCUT2D eigenvalue weighted by atomic mass is 9.97. The predicted molar refractivity (Wildman–Crippen MR) is 259 cm³/mol. The van der Waals surface area contributed by atoms with E-state index in [-0.39, 0.29) is 34.1 Å². The van der Waals surface area contributed by atoms with Crippen LogP contribution in [0.5, 0.6) is 34.5 Å². The molecule has 0 bridgehead atoms. The molecule has 332 valence electrons. The van der Waals surface area contributed by atoms with Crippen LogP contribution in [0.2, 0.25) is 0 Å². The molecule has 0 amide bonds. The zero-order valence-corrected chi connectivity index (χ0v) is 37.2. The molecular weight excluding hydrogens is 859 g/mol. The van der Waals surface area contributed by atoms with Gasteiger partial charge in [-0.3, -0.25) is 0 Å². The van der Waals surface area contributed by atoms with Gasteiger partial charge in [-0.05, 0) is 111 Å². The number of benzene rings is 7. The van der Waals surface area contributed by atoms with E-state index in [9.17, 15) is 14.4 Å². The molecule has 2 aliphatic carbocycles. The maximum absolute atomic E-state index is 14.5. The Morgan fingerprint density at radius 3 is 1.93 bits per heavy atom. The van der Waals surface area contributed by atoms with Crippen molar-refractivity contribution in [1.82, 2.24) is 4.40 Å². The number of carbonyl (C=O) groups excluding carboxylic acids is 2. The van der Waals surface area contributed by atoms with Crippen LogP contribution in [-0.4, -0.2) is 44.8 Å². The van der Waals surface area contributed by atoms with Crippen LogP contribution in [0.15, 0.2) is 149 Å². The van der Waals surface area contributed by atoms with Gasteiger partial charge in [0.25, 0.3) is 0 Å². The quantitative estimate of drug-likeness (QED) is 0.0785. The Kier molecular flexibility index (Phi) is 9.37. The second kappa shape index (κ2) is 15.7. The zero-order valence-electron chi connectivity index (χ0n) is 37.2. The van der Waals surface area contributed by atoms with Gasteiger partial charge in [-0.2, -0.15) is 0 Å². The standard InChI is InChI=1S/C57H39NO10/c1-62-45-26-34(19-20-43(45)66-55(59)38-17-10-16-37-35-14-7-5-12-31(35)24-41(37)38)51-52-42-28-48(65-4)49(68-56(60)39-18-9-13-33-23-30-11-6-8-15-36(30)50(33)39)29-44(42)67-57(61)54(52)58-22-21-32-25-46(63-2)47(64-3)27-40(32)53(51)58/h5-22,25-29H,23-24H2,1-4H3. The van der Waals surface area contributed by atoms with Gasteiger partial charge < -0.3 is 37.2 Å². The minimum absolute atomic E-state index is 0.0738. The zero-order chi connectivity index (χ0) is 46.4. The van der Waals surface area contributed by atoms with E-state index in [1.54, 1.807) is 49.0 Å². The Morgan fingerprint density at radius 1 is 0.515 bits per heavy atom. The lowest BCUT2D eigenvalue weighted by Gasteiger charge is -2.14. The maximum Gasteiger partial charge on any atom is 0.361 e. The molecule has 0 atom stereocenters. The summed E-state index contributed by atoms with van der Waals surface area (Å²) >= 11 is 0. The summed E-state index contributed by atoms with van der Waals surface area (Å²) in [5.74, 6) is 0.728. The summed E-state index contributed by atoms with van der Waals surface area (Å²) in [4.78, 5) is 42.7. The van der Waals surface area contributed by atoms with E-state index < -0.39 is 17.6 Å². The van der Waals surface area contributed by atoms with Crippen molar-refractivity contribution in [2.24, 2.45) is 0 Å². The van der Waals surface area contributed by atoms with E-state index in [0.717, 1.165) is 55.3 Å². The molecule has 11 heteroatoms. The van der Waals surface area contributed by atoms with Crippen molar-refractivity contribution in [3.05, 3.63) is 183 Å². The fourth-order valence-electron chi connectivity index (χ4n) is 10.3. The normalized spacial score (nSPS) is 12.2. The molecule has 0 fully saturated rings. The van der Waals surface area contributed by atoms with Crippen molar-refractivity contribution in [3.63, 3.8) is 0 Å². The SMILES string of the molecule is COc1cc2ccn3c(c(-c4ccc(OC(=O)c5cccc6c5Cc5ccccc5-6)c(OC)c4)c4c5cc(OC)c(OC(=O)c6cccc7c6-c6ccccc6C7)cc5oc(=O)c43)c2cc1OC. The summed E-state index contributed by atoms with van der Waals surface area (Å²) in [5.41, 5.74) is 10.7. The fraction of sp³-hybridized carbons (Fsp3) is 0.105. The second-order valence-electron chi connectivity index (χ2n) is 16.8. The third-order valence-electron chi connectivity index (χ3n) is 13.3. The Balaban J connectivity index is 1.02. The van der Waals surface area contributed by atoms with Crippen molar-refractivity contribution in [3.8, 4) is 67.9 Å². The second-order valence-corrected chi connectivity index (χ2v) is 16.8. The summed E-state index contributed by atoms with van der Waals surface area (Å²) in [7, 11) is 6.14. The summed E-state index contributed by atoms with van der Waals surface area (Å²) in [6, 6.07) is 41.6. The molecule has 0 saturated carbocycles. The summed E-state index contributed by atoms with van der Waals surface area (Å²) < 4.78 is 43.6. The van der Waals surface area contributed by atoms with E-state index in [1.807, 2.05) is 85.1 Å². The maximum atomic E-state index is 14.5. The Bertz CT molecular complexity index is 3880. The number of hydrogen-bond donors (Lipinski definition) is 0. The number of ether oxygens (including phenoxy) is 6. The van der Waals surface area contributed by atoms with Crippen molar-refractivity contribution in [2.75, 3.05) is 28.4 Å². The van der Waals surface area contributed by atoms with Crippen LogP contribution in [0.4, 0.5) is 0 Å². The van der Waals surface area contributed by atoms with E-state index >= 15 is 0 Å². The topological polar surface area (TPSA) is 124 Å². The lowest BCUT2D eigenvalue weighted by molar-refractivity contribution is 0.0720. The van der Waals surface area contributed by atoms with Crippen molar-refractivity contribution in [1.29, 1.82) is 0 Å². The molecule has 3 heterocycles. The molecule has 0 saturated heterocycles. The number of nitrogens with zero attached hydrogens (tertiary/aromatic N) is 1. The third-order valence-corrected chi connectivity index (χ3v) is 13.3. The number of rotatable bonds is 9. The highest BCUT2D eigenvalue weighted by Crippen LogP contribution is 2.48. The highest BCUT2D eigenvalue weighted by molar-refractivity contribution is 6.22. The van der Waals surface area contributed by atoms with Gasteiger partial charge in [0.05, 0.1) is 45.1 Å². The first-order chi connectivity index (χ1) is 33.3. The van der Waals surface area contributed by atoms with E-state index in [0.29, 0.717) is 62.9 Å². The predicted octanol–water partition coefficient (Wildman–Crippen LogP) is 11.6. The molecule has 12 rings (SSSR count). The monoisotopic (exact) mass is 897 g/mol. The van der Waals surface area contributed by atoms with Gasteiger partial charge in [0.2, 0.25) is 0 Å². The molecule has 0 N–H and O–H groups in total. The number of pyridine rings is 1. The smallest absolute Gasteiger partial charge is 0.361 e. The van der Waals surface area contributed by atoms with Crippen LogP contribution in [-0.2, 0) is 12.8 Å². The van der Waals surface area contributed by atoms with Crippen LogP contribution in [0, 0.1) is 0 Å². The minimum Gasteiger partial charge on any atom is -0.493 e. The van der Waals surface area contributed by atoms with Crippen LogP contribution in [0.3, 0.4) is 0 Å². The van der Waals surface area contributed by atoms with Gasteiger partial charge in [0, 0.05) is 39.5 Å². The largest absolute Gasteiger partial charge is 0.493 e. The highest BCUT2D eigenvalue weighted by atomic mass is 16.6. The molecule has 3 aromatic heterocycles. The van der Waals surface area contributed by atoms with Gasteiger partial charge in [-0.15, -0.1) is 0 Å². The van der Waals surface area contributed by atoms with Crippen molar-refractivity contribution >= 4 is 50.1 Å². The third kappa shape index (κ3) is 6.16. The Hall–Kier alpha value is -8.83. The number of methoxy groups -OCH3 is 4. The molecular formula is C57H39NO10. The number of hydrogen-bond acceptors (Lipinski definition) is 10. The lowest BCUT2D eigenvalue weighted by Crippen LogP contribution is -2.12. The molecule has 11 nitrogen and oxygen atoms in total. The highest BCUT2D eigenvalue weighted by Gasteiger charge is 2.30. The van der Waals surface area contributed by atoms with Crippen LogP contribution in [0.25, 0.3) is 71.5 Å². The van der Waals surface area contributed by atoms with Gasteiger partial charge in [0.15, 0.2) is 34.5 Å². The van der Waals surface area contributed by atoms with Gasteiger partial charge >= 0.3 is 17.6 Å². The van der Waals surface area contributed by atoms with Crippen molar-refractivity contribution in [2.45, 2.75) is 12.8 Å². The first-order valence-corrected chi connectivity index (χ1v) is 22.0. The van der Waals surface area contributed by atoms with Gasteiger partial charge in [-0.25, -0.2) is 14.4 Å². The number of fused-ring (bicyclic) bond motifs is 13. The molecule has 10 aromatic rings. The number of aromatic nitrogens is 1. The average Bonchev–Trinajstić information content (AvgIpc) is 4.06. The van der Waals surface area contributed by atoms with E-state index in [1.165, 1.54) is 20.3 Å². The minimum atomic E-state index is -0.636. The Morgan fingerprint density at radius 2 is 1.13 bits per heavy atom.